The Balaban J connectivity index is 1.88. The summed E-state index contributed by atoms with van der Waals surface area (Å²) < 4.78 is 0. The molecule has 0 saturated heterocycles. The van der Waals surface area contributed by atoms with Gasteiger partial charge in [0.2, 0.25) is 0 Å². The van der Waals surface area contributed by atoms with Gasteiger partial charge in [0, 0.05) is 30.7 Å². The molecule has 4 nitrogen and oxygen atoms in total. The van der Waals surface area contributed by atoms with Gasteiger partial charge >= 0.3 is 6.03 Å². The molecule has 0 spiro atoms. The quantitative estimate of drug-likeness (QED) is 0.896. The van der Waals surface area contributed by atoms with Gasteiger partial charge in [0.15, 0.2) is 0 Å². The molecule has 0 aromatic carbocycles. The van der Waals surface area contributed by atoms with E-state index in [1.165, 1.54) is 12.8 Å². The van der Waals surface area contributed by atoms with Gasteiger partial charge in [-0.05, 0) is 49.6 Å². The van der Waals surface area contributed by atoms with E-state index in [0.29, 0.717) is 11.3 Å². The predicted molar refractivity (Wildman–Crippen MR) is 93.1 cm³/mol. The highest BCUT2D eigenvalue weighted by molar-refractivity contribution is 7.99. The number of aromatic nitrogens is 1. The molecule has 0 unspecified atom stereocenters. The van der Waals surface area contributed by atoms with Crippen molar-refractivity contribution in [3.63, 3.8) is 0 Å². The zero-order valence-electron chi connectivity index (χ0n) is 13.8. The summed E-state index contributed by atoms with van der Waals surface area (Å²) in [7, 11) is 1.86. The fraction of sp³-hybridized carbons (Fsp3) is 0.647. The molecule has 1 aromatic heterocycles. The Kier molecular flexibility index (Phi) is 6.55. The molecule has 1 fully saturated rings. The van der Waals surface area contributed by atoms with Gasteiger partial charge in [0.05, 0.1) is 6.04 Å². The van der Waals surface area contributed by atoms with Gasteiger partial charge in [-0.3, -0.25) is 4.98 Å². The number of carbonyl (C=O) groups excluding carboxylic acids is 1. The zero-order chi connectivity index (χ0) is 15.9. The lowest BCUT2D eigenvalue weighted by atomic mass is 9.95. The maximum Gasteiger partial charge on any atom is 0.317 e. The van der Waals surface area contributed by atoms with Crippen molar-refractivity contribution in [3.8, 4) is 0 Å². The number of thioether (sulfide) groups is 1. The van der Waals surface area contributed by atoms with Gasteiger partial charge in [-0.2, -0.15) is 11.8 Å². The van der Waals surface area contributed by atoms with E-state index in [9.17, 15) is 4.79 Å². The van der Waals surface area contributed by atoms with Crippen LogP contribution in [-0.2, 0) is 0 Å². The van der Waals surface area contributed by atoms with Gasteiger partial charge in [-0.1, -0.05) is 13.3 Å². The number of amides is 2. The first-order valence-corrected chi connectivity index (χ1v) is 9.21. The average molecular weight is 321 g/mol. The monoisotopic (exact) mass is 321 g/mol. The van der Waals surface area contributed by atoms with Gasteiger partial charge in [0.1, 0.15) is 0 Å². The number of carbonyl (C=O) groups is 1. The van der Waals surface area contributed by atoms with Crippen molar-refractivity contribution < 1.29 is 4.79 Å². The molecule has 3 atom stereocenters. The van der Waals surface area contributed by atoms with Crippen molar-refractivity contribution in [1.29, 1.82) is 0 Å². The van der Waals surface area contributed by atoms with Crippen LogP contribution in [0, 0.1) is 0 Å². The molecule has 1 heterocycles. The minimum Gasteiger partial charge on any atom is -0.335 e. The second-order valence-electron chi connectivity index (χ2n) is 5.96. The molecule has 2 rings (SSSR count). The number of urea groups is 1. The number of nitrogens with zero attached hydrogens (tertiary/aromatic N) is 2. The van der Waals surface area contributed by atoms with E-state index < -0.39 is 0 Å². The van der Waals surface area contributed by atoms with Gasteiger partial charge in [-0.15, -0.1) is 0 Å². The summed E-state index contributed by atoms with van der Waals surface area (Å²) in [5.74, 6) is 1.16. The third-order valence-electron chi connectivity index (χ3n) is 4.45. The number of rotatable bonds is 5. The molecular weight excluding hydrogens is 294 g/mol. The highest BCUT2D eigenvalue weighted by atomic mass is 32.2. The number of hydrogen-bond acceptors (Lipinski definition) is 3. The van der Waals surface area contributed by atoms with E-state index in [2.05, 4.69) is 17.2 Å². The largest absolute Gasteiger partial charge is 0.335 e. The van der Waals surface area contributed by atoms with Crippen LogP contribution >= 0.6 is 11.8 Å². The Hall–Kier alpha value is -1.23. The maximum atomic E-state index is 12.5. The summed E-state index contributed by atoms with van der Waals surface area (Å²) in [4.78, 5) is 18.3. The second kappa shape index (κ2) is 8.42. The molecular formula is C17H27N3OS. The Bertz CT molecular complexity index is 466. The van der Waals surface area contributed by atoms with Crippen LogP contribution in [0.25, 0.3) is 0 Å². The minimum absolute atomic E-state index is 0.0245. The summed E-state index contributed by atoms with van der Waals surface area (Å²) in [5, 5.41) is 3.92. The Morgan fingerprint density at radius 1 is 1.45 bits per heavy atom. The van der Waals surface area contributed by atoms with Gasteiger partial charge in [0.25, 0.3) is 0 Å². The molecule has 0 radical (unpaired) electrons. The van der Waals surface area contributed by atoms with E-state index in [1.54, 1.807) is 17.3 Å². The Morgan fingerprint density at radius 3 is 2.86 bits per heavy atom. The van der Waals surface area contributed by atoms with Crippen molar-refractivity contribution in [3.05, 3.63) is 30.1 Å². The smallest absolute Gasteiger partial charge is 0.317 e. The number of nitrogens with one attached hydrogen (secondary N) is 1. The lowest BCUT2D eigenvalue weighted by molar-refractivity contribution is 0.187. The van der Waals surface area contributed by atoms with Crippen molar-refractivity contribution in [2.75, 3.05) is 12.8 Å². The van der Waals surface area contributed by atoms with Crippen LogP contribution in [0.2, 0.25) is 0 Å². The molecule has 1 saturated carbocycles. The highest BCUT2D eigenvalue weighted by Gasteiger charge is 2.25. The zero-order valence-corrected chi connectivity index (χ0v) is 14.6. The molecule has 2 amide bonds. The highest BCUT2D eigenvalue weighted by Crippen LogP contribution is 2.28. The van der Waals surface area contributed by atoms with Crippen LogP contribution in [0.15, 0.2) is 24.5 Å². The van der Waals surface area contributed by atoms with E-state index in [1.807, 2.05) is 37.9 Å². The van der Waals surface area contributed by atoms with Crippen molar-refractivity contribution in [2.24, 2.45) is 0 Å². The molecule has 0 bridgehead atoms. The molecule has 1 aromatic rings. The first kappa shape index (κ1) is 17.1. The number of hydrogen-bond donors (Lipinski definition) is 1. The fourth-order valence-electron chi connectivity index (χ4n) is 2.98. The van der Waals surface area contributed by atoms with E-state index >= 15 is 0 Å². The molecule has 1 aliphatic carbocycles. The van der Waals surface area contributed by atoms with Crippen molar-refractivity contribution in [1.82, 2.24) is 15.2 Å². The van der Waals surface area contributed by atoms with Crippen LogP contribution < -0.4 is 5.32 Å². The summed E-state index contributed by atoms with van der Waals surface area (Å²) in [6, 6.07) is 4.31. The van der Waals surface area contributed by atoms with Crippen LogP contribution in [0.4, 0.5) is 4.79 Å². The van der Waals surface area contributed by atoms with E-state index in [4.69, 9.17) is 0 Å². The third-order valence-corrected chi connectivity index (χ3v) is 5.68. The normalized spacial score (nSPS) is 22.9. The van der Waals surface area contributed by atoms with Crippen molar-refractivity contribution in [2.45, 2.75) is 56.9 Å². The molecule has 0 aliphatic heterocycles. The lowest BCUT2D eigenvalue weighted by Crippen LogP contribution is -2.46. The van der Waals surface area contributed by atoms with E-state index in [-0.39, 0.29) is 12.1 Å². The second-order valence-corrected chi connectivity index (χ2v) is 7.54. The topological polar surface area (TPSA) is 45.2 Å². The standard InChI is InChI=1S/C17H27N3OS/c1-4-22-16-7-5-6-15(12-16)19-17(21)20(3)13(2)14-8-10-18-11-9-14/h8-11,13,15-16H,4-7,12H2,1-3H3,(H,19,21)/t13-,15-,16-/m1/s1. The lowest BCUT2D eigenvalue weighted by Gasteiger charge is -2.32. The predicted octanol–water partition coefficient (Wildman–Crippen LogP) is 3.85. The average Bonchev–Trinajstić information content (AvgIpc) is 2.55. The molecule has 122 valence electrons. The summed E-state index contributed by atoms with van der Waals surface area (Å²) in [6.45, 7) is 4.25. The third kappa shape index (κ3) is 4.63. The maximum absolute atomic E-state index is 12.5. The minimum atomic E-state index is 0.0245. The van der Waals surface area contributed by atoms with Crippen LogP contribution in [0.3, 0.4) is 0 Å². The summed E-state index contributed by atoms with van der Waals surface area (Å²) >= 11 is 2.02. The molecule has 1 N–H and O–H groups in total. The van der Waals surface area contributed by atoms with Crippen LogP contribution in [-0.4, -0.2) is 40.0 Å². The SMILES string of the molecule is CCS[C@@H]1CCC[C@@H](NC(=O)N(C)[C@H](C)c2ccncc2)C1. The molecule has 1 aliphatic rings. The fourth-order valence-corrected chi connectivity index (χ4v) is 4.15. The Morgan fingerprint density at radius 2 is 2.18 bits per heavy atom. The molecule has 22 heavy (non-hydrogen) atoms. The van der Waals surface area contributed by atoms with Gasteiger partial charge < -0.3 is 10.2 Å². The Labute approximate surface area is 138 Å². The van der Waals surface area contributed by atoms with Crippen LogP contribution in [0.1, 0.15) is 51.1 Å². The number of pyridine rings is 1. The molecule has 5 heteroatoms. The first-order chi connectivity index (χ1) is 10.6. The summed E-state index contributed by atoms with van der Waals surface area (Å²) in [6.07, 6.45) is 8.24. The van der Waals surface area contributed by atoms with Crippen LogP contribution in [0.5, 0.6) is 0 Å². The first-order valence-electron chi connectivity index (χ1n) is 8.16. The van der Waals surface area contributed by atoms with Gasteiger partial charge in [-0.25, -0.2) is 4.79 Å². The summed E-state index contributed by atoms with van der Waals surface area (Å²) in [5.41, 5.74) is 1.11. The van der Waals surface area contributed by atoms with E-state index in [0.717, 1.165) is 24.2 Å². The van der Waals surface area contributed by atoms with Crippen molar-refractivity contribution >= 4 is 17.8 Å².